The van der Waals surface area contributed by atoms with Gasteiger partial charge in [-0.2, -0.15) is 0 Å². The number of thiocarbonyl (C=S) groups is 1. The van der Waals surface area contributed by atoms with Crippen molar-refractivity contribution in [3.63, 3.8) is 0 Å². The predicted octanol–water partition coefficient (Wildman–Crippen LogP) is 2.61. The normalized spacial score (nSPS) is 24.8. The molecule has 1 aromatic carbocycles. The molecule has 1 aliphatic rings. The van der Waals surface area contributed by atoms with Crippen molar-refractivity contribution < 1.29 is 9.13 Å². The van der Waals surface area contributed by atoms with Crippen molar-refractivity contribution in [3.05, 3.63) is 35.6 Å². The van der Waals surface area contributed by atoms with Crippen molar-refractivity contribution in [1.82, 2.24) is 4.90 Å². The van der Waals surface area contributed by atoms with Gasteiger partial charge in [0.1, 0.15) is 10.8 Å². The van der Waals surface area contributed by atoms with E-state index in [4.69, 9.17) is 17.0 Å². The molecule has 1 saturated heterocycles. The summed E-state index contributed by atoms with van der Waals surface area (Å²) in [4.78, 5) is 2.64. The Hall–Kier alpha value is -1.00. The Bertz CT molecular complexity index is 414. The Morgan fingerprint density at radius 1 is 1.29 bits per heavy atom. The highest BCUT2D eigenvalue weighted by molar-refractivity contribution is 7.80. The maximum absolute atomic E-state index is 13.7. The predicted molar refractivity (Wildman–Crippen MR) is 69.7 cm³/mol. The quantitative estimate of drug-likeness (QED) is 0.714. The molecule has 1 heterocycles. The monoisotopic (exact) mass is 253 g/mol. The highest BCUT2D eigenvalue weighted by atomic mass is 32.1. The summed E-state index contributed by atoms with van der Waals surface area (Å²) in [5, 5.41) is 0. The molecule has 1 fully saturated rings. The first-order valence-corrected chi connectivity index (χ1v) is 6.17. The van der Waals surface area contributed by atoms with Gasteiger partial charge >= 0.3 is 0 Å². The molecule has 0 radical (unpaired) electrons. The third-order valence-electron chi connectivity index (χ3n) is 3.01. The second-order valence-electron chi connectivity index (χ2n) is 4.43. The van der Waals surface area contributed by atoms with Crippen LogP contribution in [0.4, 0.5) is 4.39 Å². The molecular weight excluding hydrogens is 237 g/mol. The van der Waals surface area contributed by atoms with E-state index in [-0.39, 0.29) is 17.9 Å². The molecule has 92 valence electrons. The summed E-state index contributed by atoms with van der Waals surface area (Å²) >= 11 is 5.41. The first kappa shape index (κ1) is 12.5. The largest absolute Gasteiger partial charge is 0.377 e. The molecule has 0 bridgehead atoms. The summed E-state index contributed by atoms with van der Waals surface area (Å²) in [5.41, 5.74) is 0.503. The lowest BCUT2D eigenvalue weighted by atomic mass is 10.1. The second kappa shape index (κ2) is 5.10. The average molecular weight is 253 g/mol. The van der Waals surface area contributed by atoms with Gasteiger partial charge < -0.3 is 9.64 Å². The Kier molecular flexibility index (Phi) is 3.74. The number of ether oxygens (including phenoxy) is 1. The van der Waals surface area contributed by atoms with Gasteiger partial charge in [-0.15, -0.1) is 0 Å². The van der Waals surface area contributed by atoms with Crippen LogP contribution in [-0.2, 0) is 4.74 Å². The van der Waals surface area contributed by atoms with E-state index in [1.165, 1.54) is 6.07 Å². The SMILES string of the molecule is CC1COCC(C)N1C(=S)c1ccccc1F. The number of hydrogen-bond acceptors (Lipinski definition) is 2. The minimum absolute atomic E-state index is 0.186. The van der Waals surface area contributed by atoms with Gasteiger partial charge in [-0.05, 0) is 26.0 Å². The zero-order chi connectivity index (χ0) is 12.4. The van der Waals surface area contributed by atoms with E-state index in [1.807, 2.05) is 13.8 Å². The van der Waals surface area contributed by atoms with Crippen LogP contribution in [0, 0.1) is 5.82 Å². The van der Waals surface area contributed by atoms with E-state index < -0.39 is 0 Å². The maximum Gasteiger partial charge on any atom is 0.133 e. The number of halogens is 1. The smallest absolute Gasteiger partial charge is 0.133 e. The molecule has 0 aliphatic carbocycles. The lowest BCUT2D eigenvalue weighted by Gasteiger charge is -2.40. The second-order valence-corrected chi connectivity index (χ2v) is 4.81. The molecule has 4 heteroatoms. The standard InChI is InChI=1S/C13H16FNOS/c1-9-7-16-8-10(2)15(9)13(17)11-5-3-4-6-12(11)14/h3-6,9-10H,7-8H2,1-2H3. The third kappa shape index (κ3) is 2.48. The molecule has 0 spiro atoms. The van der Waals surface area contributed by atoms with Crippen LogP contribution in [0.1, 0.15) is 19.4 Å². The minimum Gasteiger partial charge on any atom is -0.377 e. The van der Waals surface area contributed by atoms with Crippen molar-refractivity contribution in [1.29, 1.82) is 0 Å². The molecule has 0 saturated carbocycles. The highest BCUT2D eigenvalue weighted by Crippen LogP contribution is 2.19. The van der Waals surface area contributed by atoms with Crippen LogP contribution in [-0.4, -0.2) is 35.2 Å². The van der Waals surface area contributed by atoms with Crippen LogP contribution in [0.5, 0.6) is 0 Å². The molecule has 2 nitrogen and oxygen atoms in total. The van der Waals surface area contributed by atoms with Gasteiger partial charge in [0.15, 0.2) is 0 Å². The topological polar surface area (TPSA) is 12.5 Å². The lowest BCUT2D eigenvalue weighted by molar-refractivity contribution is 0.000790. The molecule has 2 rings (SSSR count). The zero-order valence-corrected chi connectivity index (χ0v) is 10.8. The van der Waals surface area contributed by atoms with Crippen molar-refractivity contribution >= 4 is 17.2 Å². The summed E-state index contributed by atoms with van der Waals surface area (Å²) in [6.07, 6.45) is 0. The number of nitrogens with zero attached hydrogens (tertiary/aromatic N) is 1. The average Bonchev–Trinajstić information content (AvgIpc) is 2.29. The van der Waals surface area contributed by atoms with Crippen LogP contribution in [0.2, 0.25) is 0 Å². The maximum atomic E-state index is 13.7. The molecule has 17 heavy (non-hydrogen) atoms. The van der Waals surface area contributed by atoms with Crippen molar-refractivity contribution in [2.75, 3.05) is 13.2 Å². The van der Waals surface area contributed by atoms with Crippen LogP contribution in [0.15, 0.2) is 24.3 Å². The molecule has 2 atom stereocenters. The van der Waals surface area contributed by atoms with Gasteiger partial charge in [-0.25, -0.2) is 4.39 Å². The van der Waals surface area contributed by atoms with Crippen LogP contribution in [0.3, 0.4) is 0 Å². The van der Waals surface area contributed by atoms with E-state index in [1.54, 1.807) is 18.2 Å². The first-order chi connectivity index (χ1) is 8.11. The van der Waals surface area contributed by atoms with Crippen molar-refractivity contribution in [3.8, 4) is 0 Å². The number of rotatable bonds is 1. The summed E-state index contributed by atoms with van der Waals surface area (Å²) in [6.45, 7) is 5.36. The molecule has 0 amide bonds. The molecule has 1 aromatic rings. The number of benzene rings is 1. The summed E-state index contributed by atoms with van der Waals surface area (Å²) in [5.74, 6) is -0.261. The fraction of sp³-hybridized carbons (Fsp3) is 0.462. The summed E-state index contributed by atoms with van der Waals surface area (Å²) in [6, 6.07) is 7.02. The highest BCUT2D eigenvalue weighted by Gasteiger charge is 2.28. The van der Waals surface area contributed by atoms with E-state index in [0.29, 0.717) is 23.8 Å². The van der Waals surface area contributed by atoms with Crippen LogP contribution >= 0.6 is 12.2 Å². The van der Waals surface area contributed by atoms with E-state index in [2.05, 4.69) is 4.90 Å². The Morgan fingerprint density at radius 3 is 2.47 bits per heavy atom. The van der Waals surface area contributed by atoms with E-state index >= 15 is 0 Å². The first-order valence-electron chi connectivity index (χ1n) is 5.76. The number of morpholine rings is 1. The van der Waals surface area contributed by atoms with Crippen molar-refractivity contribution in [2.24, 2.45) is 0 Å². The Morgan fingerprint density at radius 2 is 1.88 bits per heavy atom. The van der Waals surface area contributed by atoms with Crippen LogP contribution in [0.25, 0.3) is 0 Å². The Labute approximate surface area is 106 Å². The van der Waals surface area contributed by atoms with Gasteiger partial charge in [0.05, 0.1) is 25.3 Å². The zero-order valence-electron chi connectivity index (χ0n) is 10.0. The molecule has 0 aromatic heterocycles. The Balaban J connectivity index is 2.27. The molecule has 2 unspecified atom stereocenters. The summed E-state index contributed by atoms with van der Waals surface area (Å²) < 4.78 is 19.1. The van der Waals surface area contributed by atoms with Crippen molar-refractivity contribution in [2.45, 2.75) is 25.9 Å². The minimum atomic E-state index is -0.261. The van der Waals surface area contributed by atoms with Gasteiger partial charge in [0.25, 0.3) is 0 Å². The molecular formula is C13H16FNOS. The van der Waals surface area contributed by atoms with Crippen LogP contribution < -0.4 is 0 Å². The molecule has 1 aliphatic heterocycles. The third-order valence-corrected chi connectivity index (χ3v) is 3.44. The van der Waals surface area contributed by atoms with Gasteiger partial charge in [0, 0.05) is 5.56 Å². The fourth-order valence-corrected chi connectivity index (χ4v) is 2.70. The number of hydrogen-bond donors (Lipinski definition) is 0. The van der Waals surface area contributed by atoms with E-state index in [0.717, 1.165) is 0 Å². The van der Waals surface area contributed by atoms with Gasteiger partial charge in [-0.3, -0.25) is 0 Å². The van der Waals surface area contributed by atoms with Gasteiger partial charge in [-0.1, -0.05) is 24.4 Å². The van der Waals surface area contributed by atoms with Gasteiger partial charge in [0.2, 0.25) is 0 Å². The van der Waals surface area contributed by atoms with E-state index in [9.17, 15) is 4.39 Å². The summed E-state index contributed by atoms with van der Waals surface area (Å²) in [7, 11) is 0. The molecule has 0 N–H and O–H groups in total. The fourth-order valence-electron chi connectivity index (χ4n) is 2.18. The lowest BCUT2D eigenvalue weighted by Crippen LogP contribution is -2.52.